The van der Waals surface area contributed by atoms with E-state index in [1.807, 2.05) is 0 Å². The number of nitrogens with zero attached hydrogens (tertiary/aromatic N) is 3. The highest BCUT2D eigenvalue weighted by Crippen LogP contribution is 2.37. The molecular formula is C24H19ClF3N3O4. The Morgan fingerprint density at radius 3 is 2.31 bits per heavy atom. The van der Waals surface area contributed by atoms with E-state index in [9.17, 15) is 22.8 Å². The fourth-order valence-corrected chi connectivity index (χ4v) is 3.90. The van der Waals surface area contributed by atoms with E-state index in [2.05, 4.69) is 4.98 Å². The average Bonchev–Trinajstić information content (AvgIpc) is 2.84. The zero-order valence-corrected chi connectivity index (χ0v) is 18.9. The number of anilines is 1. The molecular weight excluding hydrogens is 487 g/mol. The number of benzene rings is 2. The summed E-state index contributed by atoms with van der Waals surface area (Å²) in [6.45, 7) is 1.23. The molecule has 0 unspecified atom stereocenters. The predicted molar refractivity (Wildman–Crippen MR) is 122 cm³/mol. The normalized spacial score (nSPS) is 14.1. The van der Waals surface area contributed by atoms with Crippen LogP contribution >= 0.6 is 11.6 Å². The van der Waals surface area contributed by atoms with Gasteiger partial charge in [-0.15, -0.1) is 0 Å². The SMILES string of the molecule is O=C(O)c1ccc(Oc2ncccc2C(=O)N2CCN(c3ccc(Cl)c(C(F)(F)F)c3)CC2)cc1. The zero-order chi connectivity index (χ0) is 25.2. The van der Waals surface area contributed by atoms with Crippen molar-refractivity contribution in [1.82, 2.24) is 9.88 Å². The number of halogens is 4. The second-order valence-corrected chi connectivity index (χ2v) is 8.14. The number of rotatable bonds is 5. The minimum atomic E-state index is -4.56. The summed E-state index contributed by atoms with van der Waals surface area (Å²) in [7, 11) is 0. The minimum absolute atomic E-state index is 0.0653. The summed E-state index contributed by atoms with van der Waals surface area (Å²) in [5.41, 5.74) is -0.211. The summed E-state index contributed by atoms with van der Waals surface area (Å²) < 4.78 is 45.3. The van der Waals surface area contributed by atoms with E-state index in [-0.39, 0.29) is 41.0 Å². The standard InChI is InChI=1S/C24H19ClF3N3O4/c25-20-8-5-16(14-19(20)24(26,27)28)30-10-12-31(13-11-30)22(32)18-2-1-9-29-21(18)35-17-6-3-15(4-7-17)23(33)34/h1-9,14H,10-13H2,(H,33,34). The van der Waals surface area contributed by atoms with Gasteiger partial charge in [-0.1, -0.05) is 11.6 Å². The fraction of sp³-hybridized carbons (Fsp3) is 0.208. The smallest absolute Gasteiger partial charge is 0.417 e. The van der Waals surface area contributed by atoms with Crippen LogP contribution in [0.25, 0.3) is 0 Å². The molecule has 1 saturated heterocycles. The number of piperazine rings is 1. The maximum Gasteiger partial charge on any atom is 0.417 e. The van der Waals surface area contributed by atoms with Crippen molar-refractivity contribution in [2.24, 2.45) is 0 Å². The number of aromatic carboxylic acids is 1. The first kappa shape index (κ1) is 24.3. The Balaban J connectivity index is 1.45. The number of amides is 1. The molecule has 3 aromatic rings. The van der Waals surface area contributed by atoms with E-state index in [1.165, 1.54) is 42.6 Å². The number of hydrogen-bond donors (Lipinski definition) is 1. The highest BCUT2D eigenvalue weighted by Gasteiger charge is 2.34. The van der Waals surface area contributed by atoms with Crippen LogP contribution in [0.3, 0.4) is 0 Å². The Labute approximate surface area is 203 Å². The maximum atomic E-state index is 13.2. The Hall–Kier alpha value is -3.79. The molecule has 182 valence electrons. The van der Waals surface area contributed by atoms with Gasteiger partial charge in [-0.2, -0.15) is 13.2 Å². The number of carboxylic acids is 1. The molecule has 2 aromatic carbocycles. The number of alkyl halides is 3. The molecule has 7 nitrogen and oxygen atoms in total. The van der Waals surface area contributed by atoms with Gasteiger partial charge in [0.2, 0.25) is 5.88 Å². The minimum Gasteiger partial charge on any atom is -0.478 e. The first-order chi connectivity index (χ1) is 16.6. The third kappa shape index (κ3) is 5.48. The lowest BCUT2D eigenvalue weighted by molar-refractivity contribution is -0.137. The zero-order valence-electron chi connectivity index (χ0n) is 18.1. The number of pyridine rings is 1. The molecule has 2 heterocycles. The van der Waals surface area contributed by atoms with E-state index in [1.54, 1.807) is 21.9 Å². The molecule has 0 atom stereocenters. The third-order valence-corrected chi connectivity index (χ3v) is 5.83. The molecule has 1 amide bonds. The number of ether oxygens (including phenoxy) is 1. The second kappa shape index (κ2) is 9.83. The molecule has 0 saturated carbocycles. The monoisotopic (exact) mass is 505 g/mol. The van der Waals surface area contributed by atoms with Gasteiger partial charge in [0.25, 0.3) is 5.91 Å². The van der Waals surface area contributed by atoms with Crippen molar-refractivity contribution in [3.05, 3.63) is 82.5 Å². The quantitative estimate of drug-likeness (QED) is 0.513. The molecule has 1 aromatic heterocycles. The van der Waals surface area contributed by atoms with Gasteiger partial charge < -0.3 is 19.6 Å². The summed E-state index contributed by atoms with van der Waals surface area (Å²) in [5.74, 6) is -1.02. The molecule has 0 radical (unpaired) electrons. The van der Waals surface area contributed by atoms with Crippen LogP contribution in [0.15, 0.2) is 60.8 Å². The number of carbonyl (C=O) groups excluding carboxylic acids is 1. The van der Waals surface area contributed by atoms with Crippen molar-refractivity contribution in [2.45, 2.75) is 6.18 Å². The summed E-state index contributed by atoms with van der Waals surface area (Å²) in [6.07, 6.45) is -3.09. The van der Waals surface area contributed by atoms with E-state index in [0.29, 0.717) is 24.5 Å². The molecule has 0 spiro atoms. The Morgan fingerprint density at radius 1 is 1.00 bits per heavy atom. The largest absolute Gasteiger partial charge is 0.478 e. The van der Waals surface area contributed by atoms with Gasteiger partial charge in [-0.3, -0.25) is 4.79 Å². The second-order valence-electron chi connectivity index (χ2n) is 7.73. The van der Waals surface area contributed by atoms with E-state index in [0.717, 1.165) is 6.07 Å². The summed E-state index contributed by atoms with van der Waals surface area (Å²) in [4.78, 5) is 31.7. The summed E-state index contributed by atoms with van der Waals surface area (Å²) in [5, 5.41) is 8.65. The highest BCUT2D eigenvalue weighted by molar-refractivity contribution is 6.31. The molecule has 0 bridgehead atoms. The average molecular weight is 506 g/mol. The molecule has 35 heavy (non-hydrogen) atoms. The van der Waals surface area contributed by atoms with Gasteiger partial charge in [0.05, 0.1) is 16.1 Å². The van der Waals surface area contributed by atoms with Gasteiger partial charge in [0, 0.05) is 38.1 Å². The third-order valence-electron chi connectivity index (χ3n) is 5.50. The first-order valence-electron chi connectivity index (χ1n) is 10.5. The molecule has 1 fully saturated rings. The van der Waals surface area contributed by atoms with Crippen molar-refractivity contribution in [3.8, 4) is 11.6 Å². The molecule has 4 rings (SSSR count). The topological polar surface area (TPSA) is 83.0 Å². The van der Waals surface area contributed by atoms with Crippen molar-refractivity contribution in [3.63, 3.8) is 0 Å². The number of carbonyl (C=O) groups is 2. The summed E-state index contributed by atoms with van der Waals surface area (Å²) in [6, 6.07) is 12.6. The van der Waals surface area contributed by atoms with E-state index >= 15 is 0 Å². The van der Waals surface area contributed by atoms with E-state index in [4.69, 9.17) is 21.4 Å². The first-order valence-corrected chi connectivity index (χ1v) is 10.9. The van der Waals surface area contributed by atoms with Gasteiger partial charge in [-0.25, -0.2) is 9.78 Å². The van der Waals surface area contributed by atoms with Crippen LogP contribution in [-0.4, -0.2) is 53.0 Å². The lowest BCUT2D eigenvalue weighted by atomic mass is 10.1. The van der Waals surface area contributed by atoms with Gasteiger partial charge in [0.1, 0.15) is 11.3 Å². The number of carboxylic acid groups (broad SMARTS) is 1. The lowest BCUT2D eigenvalue weighted by Gasteiger charge is -2.36. The van der Waals surface area contributed by atoms with Crippen LogP contribution in [0.2, 0.25) is 5.02 Å². The molecule has 1 N–H and O–H groups in total. The lowest BCUT2D eigenvalue weighted by Crippen LogP contribution is -2.49. The van der Waals surface area contributed by atoms with Crippen LogP contribution in [0.1, 0.15) is 26.3 Å². The van der Waals surface area contributed by atoms with Crippen molar-refractivity contribution >= 4 is 29.2 Å². The Morgan fingerprint density at radius 2 is 1.69 bits per heavy atom. The van der Waals surface area contributed by atoms with Gasteiger partial charge in [0.15, 0.2) is 0 Å². The van der Waals surface area contributed by atoms with Crippen molar-refractivity contribution in [1.29, 1.82) is 0 Å². The van der Waals surface area contributed by atoms with Crippen LogP contribution in [-0.2, 0) is 6.18 Å². The summed E-state index contributed by atoms with van der Waals surface area (Å²) >= 11 is 5.71. The molecule has 0 aliphatic carbocycles. The predicted octanol–water partition coefficient (Wildman–Crippen LogP) is 5.21. The molecule has 1 aliphatic heterocycles. The van der Waals surface area contributed by atoms with Crippen molar-refractivity contribution in [2.75, 3.05) is 31.1 Å². The van der Waals surface area contributed by atoms with Crippen LogP contribution in [0.4, 0.5) is 18.9 Å². The van der Waals surface area contributed by atoms with Crippen LogP contribution in [0, 0.1) is 0 Å². The molecule has 1 aliphatic rings. The number of hydrogen-bond acceptors (Lipinski definition) is 5. The van der Waals surface area contributed by atoms with E-state index < -0.39 is 17.7 Å². The maximum absolute atomic E-state index is 13.2. The Bertz CT molecular complexity index is 1240. The van der Waals surface area contributed by atoms with Crippen LogP contribution < -0.4 is 9.64 Å². The fourth-order valence-electron chi connectivity index (χ4n) is 3.68. The van der Waals surface area contributed by atoms with Crippen molar-refractivity contribution < 1.29 is 32.6 Å². The van der Waals surface area contributed by atoms with Gasteiger partial charge >= 0.3 is 12.1 Å². The highest BCUT2D eigenvalue weighted by atomic mass is 35.5. The van der Waals surface area contributed by atoms with Gasteiger partial charge in [-0.05, 0) is 54.6 Å². The Kier molecular flexibility index (Phi) is 6.83. The van der Waals surface area contributed by atoms with Crippen LogP contribution in [0.5, 0.6) is 11.6 Å². The number of aromatic nitrogens is 1. The molecule has 11 heteroatoms.